The molecule has 1 atom stereocenters. The second kappa shape index (κ2) is 7.02. The summed E-state index contributed by atoms with van der Waals surface area (Å²) in [6.45, 7) is 0. The van der Waals surface area contributed by atoms with E-state index in [0.717, 1.165) is 12.1 Å². The molecule has 0 radical (unpaired) electrons. The van der Waals surface area contributed by atoms with Crippen LogP contribution in [0.2, 0.25) is 5.02 Å². The Kier molecular flexibility index (Phi) is 5.28. The van der Waals surface area contributed by atoms with Crippen LogP contribution in [0.25, 0.3) is 0 Å². The lowest BCUT2D eigenvalue weighted by Gasteiger charge is -2.17. The molecule has 0 aliphatic carbocycles. The van der Waals surface area contributed by atoms with Crippen molar-refractivity contribution in [1.82, 2.24) is 0 Å². The fraction of sp³-hybridized carbons (Fsp3) is 0.188. The Balaban J connectivity index is 2.30. The molecular formula is C16H15ClF3N2O+. The molecule has 2 aromatic rings. The molecule has 7 heteroatoms. The van der Waals surface area contributed by atoms with Crippen LogP contribution in [0.3, 0.4) is 0 Å². The summed E-state index contributed by atoms with van der Waals surface area (Å²) in [5, 5.41) is 3.93. The molecule has 1 amide bonds. The van der Waals surface area contributed by atoms with Gasteiger partial charge in [0.05, 0.1) is 18.3 Å². The zero-order valence-electron chi connectivity index (χ0n) is 12.2. The number of nitrogens with two attached hydrogens (primary N) is 1. The Bertz CT molecular complexity index is 689. The highest BCUT2D eigenvalue weighted by Gasteiger charge is 2.35. The Labute approximate surface area is 136 Å². The Morgan fingerprint density at radius 1 is 1.17 bits per heavy atom. The van der Waals surface area contributed by atoms with Crippen LogP contribution in [0.5, 0.6) is 0 Å². The van der Waals surface area contributed by atoms with Gasteiger partial charge < -0.3 is 10.6 Å². The smallest absolute Gasteiger partial charge is 0.335 e. The summed E-state index contributed by atoms with van der Waals surface area (Å²) in [6.07, 6.45) is -4.61. The molecule has 0 saturated carbocycles. The standard InChI is InChI=1S/C16H14ClF3N2O/c1-21-14(10-5-3-2-4-6-10)15(23)22-13-8-7-11(17)9-12(13)16(18,19)20/h2-9,14,21H,1H3,(H,22,23)/p+1/t14-/m0/s1. The van der Waals surface area contributed by atoms with Gasteiger partial charge >= 0.3 is 6.18 Å². The minimum absolute atomic E-state index is 0.0445. The van der Waals surface area contributed by atoms with E-state index in [4.69, 9.17) is 11.6 Å². The summed E-state index contributed by atoms with van der Waals surface area (Å²) < 4.78 is 39.2. The number of alkyl halides is 3. The van der Waals surface area contributed by atoms with Gasteiger partial charge in [-0.25, -0.2) is 0 Å². The van der Waals surface area contributed by atoms with E-state index in [-0.39, 0.29) is 10.7 Å². The van der Waals surface area contributed by atoms with Gasteiger partial charge in [0.25, 0.3) is 5.91 Å². The van der Waals surface area contributed by atoms with Crippen molar-refractivity contribution in [3.8, 4) is 0 Å². The third-order valence-electron chi connectivity index (χ3n) is 3.32. The largest absolute Gasteiger partial charge is 0.418 e. The quantitative estimate of drug-likeness (QED) is 0.879. The predicted octanol–water partition coefficient (Wildman–Crippen LogP) is 3.23. The number of quaternary nitrogens is 1. The van der Waals surface area contributed by atoms with Crippen LogP contribution in [-0.4, -0.2) is 13.0 Å². The topological polar surface area (TPSA) is 45.7 Å². The molecular weight excluding hydrogens is 329 g/mol. The number of amides is 1. The lowest BCUT2D eigenvalue weighted by Crippen LogP contribution is -2.83. The number of nitrogens with one attached hydrogen (secondary N) is 1. The first-order chi connectivity index (χ1) is 10.8. The number of benzene rings is 2. The van der Waals surface area contributed by atoms with Gasteiger partial charge in [0.2, 0.25) is 0 Å². The summed E-state index contributed by atoms with van der Waals surface area (Å²) in [5.41, 5.74) is -0.578. The molecule has 3 N–H and O–H groups in total. The summed E-state index contributed by atoms with van der Waals surface area (Å²) in [5.74, 6) is -0.536. The van der Waals surface area contributed by atoms with Crippen molar-refractivity contribution in [2.24, 2.45) is 0 Å². The van der Waals surface area contributed by atoms with Gasteiger partial charge in [0.15, 0.2) is 6.04 Å². The van der Waals surface area contributed by atoms with Crippen molar-refractivity contribution in [2.45, 2.75) is 12.2 Å². The first-order valence-corrected chi connectivity index (χ1v) is 7.22. The highest BCUT2D eigenvalue weighted by atomic mass is 35.5. The second-order valence-corrected chi connectivity index (χ2v) is 5.34. The third-order valence-corrected chi connectivity index (χ3v) is 3.55. The van der Waals surface area contributed by atoms with Crippen LogP contribution in [0.1, 0.15) is 17.2 Å². The summed E-state index contributed by atoms with van der Waals surface area (Å²) in [7, 11) is 1.68. The zero-order valence-corrected chi connectivity index (χ0v) is 12.9. The van der Waals surface area contributed by atoms with Crippen molar-refractivity contribution in [3.63, 3.8) is 0 Å². The second-order valence-electron chi connectivity index (χ2n) is 4.90. The van der Waals surface area contributed by atoms with Crippen molar-refractivity contribution in [3.05, 3.63) is 64.7 Å². The van der Waals surface area contributed by atoms with E-state index >= 15 is 0 Å². The van der Waals surface area contributed by atoms with E-state index in [1.807, 2.05) is 0 Å². The lowest BCUT2D eigenvalue weighted by molar-refractivity contribution is -0.656. The molecule has 23 heavy (non-hydrogen) atoms. The minimum Gasteiger partial charge on any atom is -0.335 e. The van der Waals surface area contributed by atoms with Gasteiger partial charge in [-0.3, -0.25) is 4.79 Å². The number of hydrogen-bond acceptors (Lipinski definition) is 1. The molecule has 0 aliphatic rings. The maximum Gasteiger partial charge on any atom is 0.418 e. The highest BCUT2D eigenvalue weighted by molar-refractivity contribution is 6.30. The van der Waals surface area contributed by atoms with E-state index < -0.39 is 23.7 Å². The van der Waals surface area contributed by atoms with Crippen LogP contribution < -0.4 is 10.6 Å². The first-order valence-electron chi connectivity index (χ1n) is 6.85. The van der Waals surface area contributed by atoms with Crippen LogP contribution >= 0.6 is 11.6 Å². The van der Waals surface area contributed by atoms with Crippen LogP contribution in [0.4, 0.5) is 18.9 Å². The number of carbonyl (C=O) groups excluding carboxylic acids is 1. The first kappa shape index (κ1) is 17.3. The van der Waals surface area contributed by atoms with Crippen molar-refractivity contribution < 1.29 is 23.3 Å². The molecule has 0 saturated heterocycles. The Morgan fingerprint density at radius 3 is 2.39 bits per heavy atom. The maximum atomic E-state index is 13.1. The molecule has 0 unspecified atom stereocenters. The molecule has 0 heterocycles. The van der Waals surface area contributed by atoms with Crippen LogP contribution in [0.15, 0.2) is 48.5 Å². The summed E-state index contributed by atoms with van der Waals surface area (Å²) >= 11 is 5.63. The van der Waals surface area contributed by atoms with Gasteiger partial charge in [-0.05, 0) is 18.2 Å². The Morgan fingerprint density at radius 2 is 1.83 bits per heavy atom. The fourth-order valence-corrected chi connectivity index (χ4v) is 2.40. The van der Waals surface area contributed by atoms with E-state index in [1.165, 1.54) is 6.07 Å². The summed E-state index contributed by atoms with van der Waals surface area (Å²) in [6, 6.07) is 11.4. The average Bonchev–Trinajstić information content (AvgIpc) is 2.50. The highest BCUT2D eigenvalue weighted by Crippen LogP contribution is 2.36. The number of rotatable bonds is 4. The van der Waals surface area contributed by atoms with Crippen molar-refractivity contribution in [1.29, 1.82) is 0 Å². The van der Waals surface area contributed by atoms with Crippen LogP contribution in [0, 0.1) is 0 Å². The fourth-order valence-electron chi connectivity index (χ4n) is 2.23. The number of halogens is 4. The maximum absolute atomic E-state index is 13.1. The number of likely N-dealkylation sites (N-methyl/N-ethyl adjacent to an activating group) is 1. The van der Waals surface area contributed by atoms with Crippen LogP contribution in [-0.2, 0) is 11.0 Å². The third kappa shape index (κ3) is 4.24. The molecule has 0 aromatic heterocycles. The molecule has 0 fully saturated rings. The van der Waals surface area contributed by atoms with E-state index in [0.29, 0.717) is 5.56 Å². The molecule has 2 rings (SSSR count). The minimum atomic E-state index is -4.61. The van der Waals surface area contributed by atoms with Gasteiger partial charge in [0, 0.05) is 10.6 Å². The molecule has 3 nitrogen and oxygen atoms in total. The van der Waals surface area contributed by atoms with Gasteiger partial charge in [-0.1, -0.05) is 41.9 Å². The van der Waals surface area contributed by atoms with Crippen molar-refractivity contribution in [2.75, 3.05) is 12.4 Å². The van der Waals surface area contributed by atoms with Crippen molar-refractivity contribution >= 4 is 23.2 Å². The van der Waals surface area contributed by atoms with Gasteiger partial charge in [-0.15, -0.1) is 0 Å². The molecule has 0 spiro atoms. The van der Waals surface area contributed by atoms with Gasteiger partial charge in [0.1, 0.15) is 0 Å². The SMILES string of the molecule is C[NH2+][C@H](C(=O)Nc1ccc(Cl)cc1C(F)(F)F)c1ccccc1. The molecule has 0 bridgehead atoms. The Hall–Kier alpha value is -2.05. The summed E-state index contributed by atoms with van der Waals surface area (Å²) in [4.78, 5) is 12.4. The van der Waals surface area contributed by atoms with E-state index in [2.05, 4.69) is 5.32 Å². The zero-order chi connectivity index (χ0) is 17.0. The lowest BCUT2D eigenvalue weighted by atomic mass is 10.1. The molecule has 2 aromatic carbocycles. The van der Waals surface area contributed by atoms with E-state index in [1.54, 1.807) is 42.7 Å². The average molecular weight is 344 g/mol. The number of anilines is 1. The number of hydrogen-bond donors (Lipinski definition) is 2. The molecule has 0 aliphatic heterocycles. The number of carbonyl (C=O) groups is 1. The monoisotopic (exact) mass is 343 g/mol. The van der Waals surface area contributed by atoms with Gasteiger partial charge in [-0.2, -0.15) is 13.2 Å². The van der Waals surface area contributed by atoms with E-state index in [9.17, 15) is 18.0 Å². The normalized spacial score (nSPS) is 12.7. The molecule has 122 valence electrons. The predicted molar refractivity (Wildman–Crippen MR) is 82.1 cm³/mol.